The lowest BCUT2D eigenvalue weighted by Gasteiger charge is -2.11. The molecule has 0 bridgehead atoms. The van der Waals surface area contributed by atoms with E-state index in [0.29, 0.717) is 18.5 Å². The molecule has 0 radical (unpaired) electrons. The van der Waals surface area contributed by atoms with Gasteiger partial charge in [0.1, 0.15) is 0 Å². The quantitative estimate of drug-likeness (QED) is 0.642. The average Bonchev–Trinajstić information content (AvgIpc) is 2.33. The van der Waals surface area contributed by atoms with Gasteiger partial charge in [0.05, 0.1) is 0 Å². The predicted octanol–water partition coefficient (Wildman–Crippen LogP) is 3.35. The normalized spacial score (nSPS) is 13.4. The molecule has 0 saturated heterocycles. The second-order valence-corrected chi connectivity index (χ2v) is 5.50. The highest BCUT2D eigenvalue weighted by Gasteiger charge is 2.02. The molecule has 1 aromatic rings. The van der Waals surface area contributed by atoms with Crippen LogP contribution in [0, 0.1) is 0 Å². The van der Waals surface area contributed by atoms with Crippen molar-refractivity contribution in [1.82, 2.24) is 5.32 Å². The van der Waals surface area contributed by atoms with Crippen molar-refractivity contribution in [2.24, 2.45) is 10.7 Å². The first-order chi connectivity index (χ1) is 8.52. The van der Waals surface area contributed by atoms with Gasteiger partial charge in [-0.1, -0.05) is 34.5 Å². The molecule has 1 atom stereocenters. The fourth-order valence-corrected chi connectivity index (χ4v) is 2.07. The van der Waals surface area contributed by atoms with Gasteiger partial charge in [-0.2, -0.15) is 0 Å². The van der Waals surface area contributed by atoms with Crippen LogP contribution in [0.3, 0.4) is 0 Å². The van der Waals surface area contributed by atoms with E-state index >= 15 is 0 Å². The molecule has 1 aromatic carbocycles. The number of benzene rings is 1. The second-order valence-electron chi connectivity index (χ2n) is 4.21. The van der Waals surface area contributed by atoms with Crippen molar-refractivity contribution >= 4 is 33.5 Å². The number of hydrogen-bond donors (Lipinski definition) is 2. The van der Waals surface area contributed by atoms with Gasteiger partial charge in [-0.05, 0) is 43.5 Å². The van der Waals surface area contributed by atoms with Crippen molar-refractivity contribution < 1.29 is 0 Å². The minimum absolute atomic E-state index is 0.353. The molecule has 3 N–H and O–H groups in total. The molecule has 1 rings (SSSR count). The van der Waals surface area contributed by atoms with Crippen LogP contribution in [0.1, 0.15) is 25.8 Å². The predicted molar refractivity (Wildman–Crippen MR) is 82.2 cm³/mol. The number of guanidine groups is 1. The molecule has 1 unspecified atom stereocenters. The smallest absolute Gasteiger partial charge is 0.188 e. The molecule has 0 spiro atoms. The molecular formula is C13H19BrClN3. The molecule has 0 amide bonds. The molecule has 0 aliphatic rings. The van der Waals surface area contributed by atoms with Gasteiger partial charge in [0.25, 0.3) is 0 Å². The summed E-state index contributed by atoms with van der Waals surface area (Å²) in [6.07, 6.45) is 1.83. The minimum atomic E-state index is 0.353. The van der Waals surface area contributed by atoms with E-state index in [1.165, 1.54) is 0 Å². The molecule has 18 heavy (non-hydrogen) atoms. The van der Waals surface area contributed by atoms with Gasteiger partial charge < -0.3 is 11.1 Å². The summed E-state index contributed by atoms with van der Waals surface area (Å²) < 4.78 is 1.05. The van der Waals surface area contributed by atoms with E-state index in [0.717, 1.165) is 27.9 Å². The fourth-order valence-electron chi connectivity index (χ4n) is 1.43. The number of nitrogens with zero attached hydrogens (tertiary/aromatic N) is 1. The van der Waals surface area contributed by atoms with Crippen LogP contribution in [0.2, 0.25) is 5.02 Å². The molecule has 5 heteroatoms. The van der Waals surface area contributed by atoms with Gasteiger partial charge in [-0.25, -0.2) is 0 Å². The third-order valence-corrected chi connectivity index (χ3v) is 3.69. The molecule has 3 nitrogen and oxygen atoms in total. The Hall–Kier alpha value is -0.740. The van der Waals surface area contributed by atoms with Crippen molar-refractivity contribution in [3.63, 3.8) is 0 Å². The Morgan fingerprint density at radius 2 is 2.28 bits per heavy atom. The first-order valence-electron chi connectivity index (χ1n) is 6.03. The molecule has 0 saturated carbocycles. The lowest BCUT2D eigenvalue weighted by Crippen LogP contribution is -2.38. The van der Waals surface area contributed by atoms with Crippen LogP contribution in [-0.4, -0.2) is 18.5 Å². The molecule has 100 valence electrons. The zero-order chi connectivity index (χ0) is 13.5. The van der Waals surface area contributed by atoms with Gasteiger partial charge in [-0.15, -0.1) is 0 Å². The Kier molecular flexibility index (Phi) is 6.50. The molecule has 0 aromatic heterocycles. The largest absolute Gasteiger partial charge is 0.370 e. The Bertz CT molecular complexity index is 421. The van der Waals surface area contributed by atoms with Gasteiger partial charge >= 0.3 is 0 Å². The number of halogens is 2. The maximum atomic E-state index is 5.95. The monoisotopic (exact) mass is 331 g/mol. The van der Waals surface area contributed by atoms with Gasteiger partial charge in [-0.3, -0.25) is 4.99 Å². The molecule has 0 heterocycles. The summed E-state index contributed by atoms with van der Waals surface area (Å²) in [5.41, 5.74) is 6.92. The van der Waals surface area contributed by atoms with E-state index < -0.39 is 0 Å². The number of hydrogen-bond acceptors (Lipinski definition) is 1. The van der Waals surface area contributed by atoms with Crippen molar-refractivity contribution in [1.29, 1.82) is 0 Å². The summed E-state index contributed by atoms with van der Waals surface area (Å²) in [4.78, 5) is 4.30. The van der Waals surface area contributed by atoms with E-state index in [1.54, 1.807) is 0 Å². The Morgan fingerprint density at radius 3 is 2.94 bits per heavy atom. The maximum absolute atomic E-state index is 5.95. The molecule has 0 fully saturated rings. The number of rotatable bonds is 5. The van der Waals surface area contributed by atoms with Crippen LogP contribution in [0.15, 0.2) is 27.7 Å². The first kappa shape index (κ1) is 15.3. The standard InChI is InChI=1S/C13H19BrClN3/c1-3-9(2)18-13(16)17-7-6-10-8-11(15)4-5-12(10)14/h4-5,8-9H,3,6-7H2,1-2H3,(H3,16,17,18). The summed E-state index contributed by atoms with van der Waals surface area (Å²) in [6.45, 7) is 4.83. The van der Waals surface area contributed by atoms with Crippen LogP contribution < -0.4 is 11.1 Å². The summed E-state index contributed by atoms with van der Waals surface area (Å²) in [5.74, 6) is 0.502. The summed E-state index contributed by atoms with van der Waals surface area (Å²) in [7, 11) is 0. The third kappa shape index (κ3) is 5.27. The van der Waals surface area contributed by atoms with Crippen molar-refractivity contribution in [3.05, 3.63) is 33.3 Å². The zero-order valence-corrected chi connectivity index (χ0v) is 13.1. The number of aliphatic imine (C=N–C) groups is 1. The van der Waals surface area contributed by atoms with Crippen LogP contribution in [0.5, 0.6) is 0 Å². The van der Waals surface area contributed by atoms with Crippen molar-refractivity contribution in [3.8, 4) is 0 Å². The lowest BCUT2D eigenvalue weighted by molar-refractivity contribution is 0.636. The highest BCUT2D eigenvalue weighted by Crippen LogP contribution is 2.21. The Labute approximate surface area is 122 Å². The molecule has 0 aliphatic heterocycles. The molecular weight excluding hydrogens is 314 g/mol. The number of nitrogens with two attached hydrogens (primary N) is 1. The summed E-state index contributed by atoms with van der Waals surface area (Å²) in [5, 5.41) is 3.87. The number of nitrogens with one attached hydrogen (secondary N) is 1. The zero-order valence-electron chi connectivity index (χ0n) is 10.7. The van der Waals surface area contributed by atoms with Crippen LogP contribution in [0.25, 0.3) is 0 Å². The Morgan fingerprint density at radius 1 is 1.56 bits per heavy atom. The van der Waals surface area contributed by atoms with Crippen molar-refractivity contribution in [2.75, 3.05) is 6.54 Å². The third-order valence-electron chi connectivity index (χ3n) is 2.68. The van der Waals surface area contributed by atoms with E-state index in [1.807, 2.05) is 18.2 Å². The Balaban J connectivity index is 2.50. The first-order valence-corrected chi connectivity index (χ1v) is 7.20. The van der Waals surface area contributed by atoms with E-state index in [9.17, 15) is 0 Å². The lowest BCUT2D eigenvalue weighted by atomic mass is 10.1. The highest BCUT2D eigenvalue weighted by molar-refractivity contribution is 9.10. The average molecular weight is 333 g/mol. The van der Waals surface area contributed by atoms with E-state index in [-0.39, 0.29) is 0 Å². The summed E-state index contributed by atoms with van der Waals surface area (Å²) >= 11 is 9.45. The topological polar surface area (TPSA) is 50.4 Å². The van der Waals surface area contributed by atoms with E-state index in [4.69, 9.17) is 17.3 Å². The van der Waals surface area contributed by atoms with Gasteiger partial charge in [0.2, 0.25) is 0 Å². The fraction of sp³-hybridized carbons (Fsp3) is 0.462. The van der Waals surface area contributed by atoms with Crippen LogP contribution in [0.4, 0.5) is 0 Å². The van der Waals surface area contributed by atoms with Gasteiger partial charge in [0, 0.05) is 22.1 Å². The minimum Gasteiger partial charge on any atom is -0.370 e. The maximum Gasteiger partial charge on any atom is 0.188 e. The highest BCUT2D eigenvalue weighted by atomic mass is 79.9. The van der Waals surface area contributed by atoms with Gasteiger partial charge in [0.15, 0.2) is 5.96 Å². The van der Waals surface area contributed by atoms with E-state index in [2.05, 4.69) is 40.1 Å². The summed E-state index contributed by atoms with van der Waals surface area (Å²) in [6, 6.07) is 6.10. The van der Waals surface area contributed by atoms with Crippen LogP contribution >= 0.6 is 27.5 Å². The van der Waals surface area contributed by atoms with Crippen LogP contribution in [-0.2, 0) is 6.42 Å². The SMILES string of the molecule is CCC(C)NC(N)=NCCc1cc(Cl)ccc1Br. The van der Waals surface area contributed by atoms with Crippen molar-refractivity contribution in [2.45, 2.75) is 32.7 Å². The molecule has 0 aliphatic carbocycles. The second kappa shape index (κ2) is 7.64.